The van der Waals surface area contributed by atoms with Gasteiger partial charge in [0.25, 0.3) is 0 Å². The summed E-state index contributed by atoms with van der Waals surface area (Å²) < 4.78 is 10.4. The first kappa shape index (κ1) is 26.8. The Morgan fingerprint density at radius 1 is 0.510 bits per heavy atom. The number of benzene rings is 8. The maximum Gasteiger partial charge on any atom is 0.143 e. The van der Waals surface area contributed by atoms with Crippen molar-refractivity contribution in [2.24, 2.45) is 0 Å². The highest BCUT2D eigenvalue weighted by Crippen LogP contribution is 2.44. The molecule has 0 aliphatic rings. The minimum absolute atomic E-state index is 0.876. The fourth-order valence-corrected chi connectivity index (χ4v) is 8.74. The first-order valence-electron chi connectivity index (χ1n) is 16.5. The molecule has 3 heterocycles. The molecule has 0 fully saturated rings. The van der Waals surface area contributed by atoms with Crippen LogP contribution in [0.1, 0.15) is 0 Å². The maximum atomic E-state index is 6.81. The van der Waals surface area contributed by atoms with Gasteiger partial charge in [0.05, 0.1) is 26.9 Å². The van der Waals surface area contributed by atoms with Gasteiger partial charge >= 0.3 is 0 Å². The SMILES string of the molecule is c1ccc(-c2nc3ccc(-c4cc5c(cc4-n4c6ccccc6c6ccc7ccccc7c64)oc4c6ccccc6ccc54)cc3s2)cc1. The van der Waals surface area contributed by atoms with Gasteiger partial charge in [-0.25, -0.2) is 4.98 Å². The van der Waals surface area contributed by atoms with E-state index in [9.17, 15) is 0 Å². The van der Waals surface area contributed by atoms with Crippen molar-refractivity contribution in [1.82, 2.24) is 9.55 Å². The molecule has 0 radical (unpaired) electrons. The van der Waals surface area contributed by atoms with Crippen molar-refractivity contribution in [2.75, 3.05) is 0 Å². The van der Waals surface area contributed by atoms with Crippen molar-refractivity contribution >= 4 is 86.8 Å². The molecule has 11 rings (SSSR count). The first-order valence-corrected chi connectivity index (χ1v) is 17.4. The summed E-state index contributed by atoms with van der Waals surface area (Å²) >= 11 is 1.74. The molecule has 49 heavy (non-hydrogen) atoms. The molecule has 0 saturated carbocycles. The van der Waals surface area contributed by atoms with Gasteiger partial charge in [-0.15, -0.1) is 11.3 Å². The molecule has 3 aromatic heterocycles. The van der Waals surface area contributed by atoms with Crippen molar-refractivity contribution in [3.05, 3.63) is 158 Å². The zero-order valence-electron chi connectivity index (χ0n) is 26.2. The molecule has 4 heteroatoms. The minimum Gasteiger partial charge on any atom is -0.455 e. The van der Waals surface area contributed by atoms with Gasteiger partial charge in [-0.3, -0.25) is 0 Å². The smallest absolute Gasteiger partial charge is 0.143 e. The third kappa shape index (κ3) is 3.92. The van der Waals surface area contributed by atoms with Gasteiger partial charge in [-0.2, -0.15) is 0 Å². The Kier molecular flexibility index (Phi) is 5.54. The van der Waals surface area contributed by atoms with Crippen LogP contribution >= 0.6 is 11.3 Å². The zero-order valence-corrected chi connectivity index (χ0v) is 27.0. The zero-order chi connectivity index (χ0) is 32.1. The Labute approximate surface area is 284 Å². The lowest BCUT2D eigenvalue weighted by Gasteiger charge is -2.15. The van der Waals surface area contributed by atoms with Crippen LogP contribution in [-0.2, 0) is 0 Å². The lowest BCUT2D eigenvalue weighted by Crippen LogP contribution is -1.98. The van der Waals surface area contributed by atoms with E-state index in [1.54, 1.807) is 11.3 Å². The highest BCUT2D eigenvalue weighted by Gasteiger charge is 2.21. The number of furan rings is 1. The molecular weight excluding hydrogens is 617 g/mol. The van der Waals surface area contributed by atoms with Crippen LogP contribution in [0.5, 0.6) is 0 Å². The third-order valence-corrected chi connectivity index (χ3v) is 11.1. The van der Waals surface area contributed by atoms with Gasteiger partial charge < -0.3 is 8.98 Å². The number of rotatable bonds is 3. The summed E-state index contributed by atoms with van der Waals surface area (Å²) in [6, 6.07) is 56.6. The average molecular weight is 643 g/mol. The summed E-state index contributed by atoms with van der Waals surface area (Å²) in [5.74, 6) is 0. The van der Waals surface area contributed by atoms with E-state index >= 15 is 0 Å². The monoisotopic (exact) mass is 642 g/mol. The van der Waals surface area contributed by atoms with Crippen LogP contribution in [0.3, 0.4) is 0 Å². The molecule has 0 N–H and O–H groups in total. The predicted molar refractivity (Wildman–Crippen MR) is 207 cm³/mol. The van der Waals surface area contributed by atoms with Crippen molar-refractivity contribution in [3.8, 4) is 27.4 Å². The molecule has 0 saturated heterocycles. The van der Waals surface area contributed by atoms with Crippen LogP contribution in [0.15, 0.2) is 162 Å². The summed E-state index contributed by atoms with van der Waals surface area (Å²) in [6.45, 7) is 0. The van der Waals surface area contributed by atoms with Crippen molar-refractivity contribution in [2.45, 2.75) is 0 Å². The average Bonchev–Trinajstić information content (AvgIpc) is 3.86. The Bertz CT molecular complexity index is 3110. The molecule has 0 amide bonds. The summed E-state index contributed by atoms with van der Waals surface area (Å²) in [6.07, 6.45) is 0. The number of fused-ring (bicyclic) bond motifs is 11. The van der Waals surface area contributed by atoms with Gasteiger partial charge in [0, 0.05) is 49.5 Å². The van der Waals surface area contributed by atoms with Crippen LogP contribution in [0.4, 0.5) is 0 Å². The van der Waals surface area contributed by atoms with Gasteiger partial charge in [0.1, 0.15) is 16.2 Å². The standard InChI is InChI=1S/C45H26N2OS/c1-2-12-29(13-3-1)45-46-38-23-20-30(24-42(38)49-45)36-25-37-35-22-19-28-11-5-7-15-32(28)44(35)48-41(37)26-40(36)47-39-17-9-8-16-33(39)34-21-18-27-10-4-6-14-31(27)43(34)47/h1-26H. The molecule has 0 unspecified atom stereocenters. The van der Waals surface area contributed by atoms with E-state index in [-0.39, 0.29) is 0 Å². The van der Waals surface area contributed by atoms with E-state index < -0.39 is 0 Å². The summed E-state index contributed by atoms with van der Waals surface area (Å²) in [4.78, 5) is 5.02. The second kappa shape index (κ2) is 10.1. The van der Waals surface area contributed by atoms with E-state index in [1.807, 2.05) is 6.07 Å². The first-order chi connectivity index (χ1) is 24.3. The fraction of sp³-hybridized carbons (Fsp3) is 0. The Balaban J connectivity index is 1.27. The number of para-hydroxylation sites is 1. The molecule has 3 nitrogen and oxygen atoms in total. The highest BCUT2D eigenvalue weighted by atomic mass is 32.1. The molecule has 0 aliphatic carbocycles. The lowest BCUT2D eigenvalue weighted by molar-refractivity contribution is 0.672. The van der Waals surface area contributed by atoms with Crippen molar-refractivity contribution in [3.63, 3.8) is 0 Å². The second-order valence-electron chi connectivity index (χ2n) is 12.7. The van der Waals surface area contributed by atoms with Gasteiger partial charge in [0.15, 0.2) is 0 Å². The van der Waals surface area contributed by atoms with Crippen LogP contribution < -0.4 is 0 Å². The number of nitrogens with zero attached hydrogens (tertiary/aromatic N) is 2. The number of thiazole rings is 1. The van der Waals surface area contributed by atoms with E-state index in [0.29, 0.717) is 0 Å². The third-order valence-electron chi connectivity index (χ3n) is 10.0. The second-order valence-corrected chi connectivity index (χ2v) is 13.8. The summed E-state index contributed by atoms with van der Waals surface area (Å²) in [5.41, 5.74) is 9.71. The van der Waals surface area contributed by atoms with E-state index in [2.05, 4.69) is 156 Å². The van der Waals surface area contributed by atoms with Gasteiger partial charge in [0.2, 0.25) is 0 Å². The topological polar surface area (TPSA) is 31.0 Å². The number of hydrogen-bond acceptors (Lipinski definition) is 3. The molecule has 0 bridgehead atoms. The highest BCUT2D eigenvalue weighted by molar-refractivity contribution is 7.21. The largest absolute Gasteiger partial charge is 0.455 e. The summed E-state index contributed by atoms with van der Waals surface area (Å²) in [7, 11) is 0. The normalized spacial score (nSPS) is 12.1. The predicted octanol–water partition coefficient (Wildman–Crippen LogP) is 12.9. The molecular formula is C45H26N2OS. The van der Waals surface area contributed by atoms with E-state index in [1.165, 1.54) is 38.0 Å². The van der Waals surface area contributed by atoms with E-state index in [0.717, 1.165) is 64.9 Å². The Morgan fingerprint density at radius 3 is 2.08 bits per heavy atom. The van der Waals surface area contributed by atoms with Gasteiger partial charge in [-0.05, 0) is 46.7 Å². The maximum absolute atomic E-state index is 6.81. The number of hydrogen-bond donors (Lipinski definition) is 0. The minimum atomic E-state index is 0.876. The Hall–Kier alpha value is -6.23. The number of aromatic nitrogens is 2. The molecule has 0 spiro atoms. The van der Waals surface area contributed by atoms with Crippen molar-refractivity contribution in [1.29, 1.82) is 0 Å². The van der Waals surface area contributed by atoms with Gasteiger partial charge in [-0.1, -0.05) is 121 Å². The van der Waals surface area contributed by atoms with Crippen LogP contribution in [0.2, 0.25) is 0 Å². The summed E-state index contributed by atoms with van der Waals surface area (Å²) in [5, 5.41) is 10.5. The molecule has 0 atom stereocenters. The van der Waals surface area contributed by atoms with Crippen LogP contribution in [-0.4, -0.2) is 9.55 Å². The van der Waals surface area contributed by atoms with Crippen LogP contribution in [0.25, 0.3) is 103 Å². The Morgan fingerprint density at radius 2 is 1.22 bits per heavy atom. The molecule has 0 aliphatic heterocycles. The van der Waals surface area contributed by atoms with E-state index in [4.69, 9.17) is 9.40 Å². The lowest BCUT2D eigenvalue weighted by atomic mass is 9.99. The molecule has 8 aromatic carbocycles. The van der Waals surface area contributed by atoms with Crippen LogP contribution in [0, 0.1) is 0 Å². The molecule has 11 aromatic rings. The fourth-order valence-electron chi connectivity index (χ4n) is 7.73. The van der Waals surface area contributed by atoms with Crippen molar-refractivity contribution < 1.29 is 4.42 Å². The molecule has 228 valence electrons. The quantitative estimate of drug-likeness (QED) is 0.192.